The van der Waals surface area contributed by atoms with Gasteiger partial charge < -0.3 is 4.74 Å². The fourth-order valence-electron chi connectivity index (χ4n) is 2.14. The van der Waals surface area contributed by atoms with Crippen molar-refractivity contribution in [3.8, 4) is 0 Å². The smallest absolute Gasteiger partial charge is 0.0995 e. The molecule has 0 unspecified atom stereocenters. The van der Waals surface area contributed by atoms with Crippen molar-refractivity contribution in [2.24, 2.45) is 0 Å². The van der Waals surface area contributed by atoms with Crippen LogP contribution >= 0.6 is 0 Å². The second kappa shape index (κ2) is 6.41. The maximum atomic E-state index is 5.76. The van der Waals surface area contributed by atoms with Crippen molar-refractivity contribution >= 4 is 0 Å². The van der Waals surface area contributed by atoms with Crippen LogP contribution in [0.25, 0.3) is 0 Å². The van der Waals surface area contributed by atoms with Gasteiger partial charge in [0.25, 0.3) is 0 Å². The maximum absolute atomic E-state index is 5.76. The molecule has 1 aromatic rings. The van der Waals surface area contributed by atoms with Crippen LogP contribution in [0.2, 0.25) is 0 Å². The Morgan fingerprint density at radius 2 is 1.88 bits per heavy atom. The first kappa shape index (κ1) is 13.7. The van der Waals surface area contributed by atoms with Crippen molar-refractivity contribution in [3.63, 3.8) is 0 Å². The quantitative estimate of drug-likeness (QED) is 0.636. The summed E-state index contributed by atoms with van der Waals surface area (Å²) >= 11 is 0. The van der Waals surface area contributed by atoms with Crippen LogP contribution in [-0.4, -0.2) is 7.11 Å². The van der Waals surface area contributed by atoms with Gasteiger partial charge in [0, 0.05) is 7.11 Å². The van der Waals surface area contributed by atoms with Crippen molar-refractivity contribution in [1.29, 1.82) is 0 Å². The van der Waals surface area contributed by atoms with Crippen molar-refractivity contribution in [3.05, 3.63) is 60.7 Å². The molecule has 1 heteroatoms. The molecule has 0 atom stereocenters. The van der Waals surface area contributed by atoms with Gasteiger partial charge in [-0.05, 0) is 30.4 Å². The van der Waals surface area contributed by atoms with Gasteiger partial charge in [0.2, 0.25) is 0 Å². The first-order valence-electron chi connectivity index (χ1n) is 6.08. The van der Waals surface area contributed by atoms with Gasteiger partial charge in [0.1, 0.15) is 0 Å². The minimum Gasteiger partial charge on any atom is -0.373 e. The molecule has 92 valence electrons. The number of hydrogen-bond donors (Lipinski definition) is 0. The van der Waals surface area contributed by atoms with Gasteiger partial charge in [-0.1, -0.05) is 43.3 Å². The van der Waals surface area contributed by atoms with Crippen LogP contribution in [0, 0.1) is 0 Å². The van der Waals surface area contributed by atoms with E-state index >= 15 is 0 Å². The molecule has 17 heavy (non-hydrogen) atoms. The molecule has 0 radical (unpaired) electrons. The van der Waals surface area contributed by atoms with E-state index in [1.54, 1.807) is 7.11 Å². The molecule has 0 amide bonds. The number of ether oxygens (including phenoxy) is 1. The highest BCUT2D eigenvalue weighted by Crippen LogP contribution is 2.34. The highest BCUT2D eigenvalue weighted by molar-refractivity contribution is 5.30. The molecule has 0 saturated heterocycles. The summed E-state index contributed by atoms with van der Waals surface area (Å²) < 4.78 is 5.76. The average Bonchev–Trinajstić information content (AvgIpc) is 2.38. The van der Waals surface area contributed by atoms with Gasteiger partial charge in [-0.3, -0.25) is 0 Å². The van der Waals surface area contributed by atoms with Crippen molar-refractivity contribution in [1.82, 2.24) is 0 Å². The number of rotatable bonds is 7. The zero-order valence-corrected chi connectivity index (χ0v) is 10.9. The van der Waals surface area contributed by atoms with Gasteiger partial charge in [0.05, 0.1) is 5.60 Å². The lowest BCUT2D eigenvalue weighted by molar-refractivity contribution is -0.00994. The lowest BCUT2D eigenvalue weighted by Gasteiger charge is -2.31. The highest BCUT2D eigenvalue weighted by Gasteiger charge is 2.29. The Labute approximate surface area is 105 Å². The van der Waals surface area contributed by atoms with Crippen LogP contribution in [0.1, 0.15) is 30.9 Å². The van der Waals surface area contributed by atoms with Gasteiger partial charge in [-0.15, -0.1) is 13.2 Å². The van der Waals surface area contributed by atoms with E-state index in [0.29, 0.717) is 0 Å². The lowest BCUT2D eigenvalue weighted by atomic mass is 9.86. The second-order valence-corrected chi connectivity index (χ2v) is 4.24. The molecule has 0 N–H and O–H groups in total. The average molecular weight is 230 g/mol. The van der Waals surface area contributed by atoms with Crippen LogP contribution in [0.3, 0.4) is 0 Å². The molecule has 1 aromatic carbocycles. The van der Waals surface area contributed by atoms with E-state index in [1.165, 1.54) is 11.1 Å². The van der Waals surface area contributed by atoms with Gasteiger partial charge in [-0.25, -0.2) is 0 Å². The minimum absolute atomic E-state index is 0.311. The zero-order valence-electron chi connectivity index (χ0n) is 10.9. The number of hydrogen-bond acceptors (Lipinski definition) is 1. The third kappa shape index (κ3) is 3.07. The molecule has 0 heterocycles. The SMILES string of the molecule is C=CCC(CC=C)(OC)c1cccc(CC)c1. The monoisotopic (exact) mass is 230 g/mol. The molecular formula is C16H22O. The first-order valence-corrected chi connectivity index (χ1v) is 6.08. The van der Waals surface area contributed by atoms with Gasteiger partial charge >= 0.3 is 0 Å². The number of methoxy groups -OCH3 is 1. The standard InChI is InChI=1S/C16H22O/c1-5-11-16(17-4,12-6-2)15-10-8-9-14(7-3)13-15/h5-6,8-10,13H,1-2,7,11-12H2,3-4H3. The van der Waals surface area contributed by atoms with Crippen LogP contribution in [0.5, 0.6) is 0 Å². The Hall–Kier alpha value is -1.34. The fraction of sp³-hybridized carbons (Fsp3) is 0.375. The summed E-state index contributed by atoms with van der Waals surface area (Å²) in [7, 11) is 1.76. The topological polar surface area (TPSA) is 9.23 Å². The Morgan fingerprint density at radius 3 is 2.35 bits per heavy atom. The Morgan fingerprint density at radius 1 is 1.24 bits per heavy atom. The van der Waals surface area contributed by atoms with Crippen molar-refractivity contribution in [2.75, 3.05) is 7.11 Å². The summed E-state index contributed by atoms with van der Waals surface area (Å²) in [5, 5.41) is 0. The molecule has 0 aromatic heterocycles. The predicted octanol–water partition coefficient (Wildman–Crippen LogP) is 4.24. The Kier molecular flexibility index (Phi) is 5.17. The summed E-state index contributed by atoms with van der Waals surface area (Å²) in [5.41, 5.74) is 2.23. The summed E-state index contributed by atoms with van der Waals surface area (Å²) in [6.07, 6.45) is 6.44. The molecule has 0 fully saturated rings. The van der Waals surface area contributed by atoms with Gasteiger partial charge in [0.15, 0.2) is 0 Å². The first-order chi connectivity index (χ1) is 8.22. The van der Waals surface area contributed by atoms with Crippen LogP contribution in [0.15, 0.2) is 49.6 Å². The van der Waals surface area contributed by atoms with E-state index < -0.39 is 0 Å². The van der Waals surface area contributed by atoms with E-state index in [9.17, 15) is 0 Å². The van der Waals surface area contributed by atoms with Gasteiger partial charge in [-0.2, -0.15) is 0 Å². The van der Waals surface area contributed by atoms with Crippen molar-refractivity contribution in [2.45, 2.75) is 31.8 Å². The molecule has 1 rings (SSSR count). The molecule has 0 saturated carbocycles. The second-order valence-electron chi connectivity index (χ2n) is 4.24. The molecule has 1 nitrogen and oxygen atoms in total. The summed E-state index contributed by atoms with van der Waals surface area (Å²) in [5.74, 6) is 0. The Bertz CT molecular complexity index is 369. The van der Waals surface area contributed by atoms with Crippen LogP contribution in [-0.2, 0) is 16.8 Å². The van der Waals surface area contributed by atoms with E-state index in [2.05, 4.69) is 44.3 Å². The van der Waals surface area contributed by atoms with Crippen LogP contribution < -0.4 is 0 Å². The molecule has 0 bridgehead atoms. The predicted molar refractivity (Wildman–Crippen MR) is 74.1 cm³/mol. The molecule has 0 aliphatic carbocycles. The maximum Gasteiger partial charge on any atom is 0.0995 e. The molecule has 0 spiro atoms. The van der Waals surface area contributed by atoms with Crippen LogP contribution in [0.4, 0.5) is 0 Å². The highest BCUT2D eigenvalue weighted by atomic mass is 16.5. The fourth-order valence-corrected chi connectivity index (χ4v) is 2.14. The third-order valence-electron chi connectivity index (χ3n) is 3.20. The summed E-state index contributed by atoms with van der Waals surface area (Å²) in [6, 6.07) is 8.58. The minimum atomic E-state index is -0.311. The number of benzene rings is 1. The largest absolute Gasteiger partial charge is 0.373 e. The van der Waals surface area contributed by atoms with E-state index in [0.717, 1.165) is 19.3 Å². The van der Waals surface area contributed by atoms with E-state index in [1.807, 2.05) is 12.2 Å². The van der Waals surface area contributed by atoms with E-state index in [-0.39, 0.29) is 5.60 Å². The van der Waals surface area contributed by atoms with E-state index in [4.69, 9.17) is 4.74 Å². The molecule has 0 aliphatic heterocycles. The summed E-state index contributed by atoms with van der Waals surface area (Å²) in [6.45, 7) is 9.82. The molecular weight excluding hydrogens is 208 g/mol. The normalized spacial score (nSPS) is 11.2. The summed E-state index contributed by atoms with van der Waals surface area (Å²) in [4.78, 5) is 0. The Balaban J connectivity index is 3.18. The third-order valence-corrected chi connectivity index (χ3v) is 3.20. The lowest BCUT2D eigenvalue weighted by Crippen LogP contribution is -2.27. The zero-order chi connectivity index (χ0) is 12.7. The molecule has 0 aliphatic rings. The van der Waals surface area contributed by atoms with Crippen molar-refractivity contribution < 1.29 is 4.74 Å². The number of aryl methyl sites for hydroxylation is 1.